The summed E-state index contributed by atoms with van der Waals surface area (Å²) in [7, 11) is 0. The van der Waals surface area contributed by atoms with Gasteiger partial charge in [-0.15, -0.1) is 12.4 Å². The molecule has 0 aromatic heterocycles. The highest BCUT2D eigenvalue weighted by Gasteiger charge is 2.47. The number of hydrogen-bond acceptors (Lipinski definition) is 2. The number of hydrogen-bond donors (Lipinski definition) is 1. The van der Waals surface area contributed by atoms with Crippen LogP contribution in [0.4, 0.5) is 30.7 Å². The fourth-order valence-corrected chi connectivity index (χ4v) is 2.45. The summed E-state index contributed by atoms with van der Waals surface area (Å²) in [6, 6.07) is -1.28. The van der Waals surface area contributed by atoms with Crippen LogP contribution in [-0.2, 0) is 6.18 Å². The Morgan fingerprint density at radius 1 is 1.00 bits per heavy atom. The van der Waals surface area contributed by atoms with Crippen LogP contribution in [0.1, 0.15) is 17.2 Å². The van der Waals surface area contributed by atoms with Crippen molar-refractivity contribution < 1.29 is 30.7 Å². The van der Waals surface area contributed by atoms with E-state index in [-0.39, 0.29) is 44.7 Å². The summed E-state index contributed by atoms with van der Waals surface area (Å²) in [6.07, 6.45) is -9.70. The van der Waals surface area contributed by atoms with Crippen LogP contribution in [0.3, 0.4) is 0 Å². The summed E-state index contributed by atoms with van der Waals surface area (Å²) in [4.78, 5) is 0.940. The van der Waals surface area contributed by atoms with Gasteiger partial charge in [0.15, 0.2) is 0 Å². The lowest BCUT2D eigenvalue weighted by Gasteiger charge is -2.36. The van der Waals surface area contributed by atoms with E-state index in [0.29, 0.717) is 12.1 Å². The Morgan fingerprint density at radius 3 is 2.04 bits per heavy atom. The third kappa shape index (κ3) is 4.71. The average molecular weight is 367 g/mol. The van der Waals surface area contributed by atoms with Gasteiger partial charge in [0.1, 0.15) is 11.9 Å². The van der Waals surface area contributed by atoms with E-state index in [1.165, 1.54) is 0 Å². The minimum absolute atomic E-state index is 0. The maximum absolute atomic E-state index is 13.8. The van der Waals surface area contributed by atoms with E-state index in [9.17, 15) is 30.7 Å². The summed E-state index contributed by atoms with van der Waals surface area (Å²) >= 11 is 0. The van der Waals surface area contributed by atoms with Crippen molar-refractivity contribution in [3.63, 3.8) is 0 Å². The largest absolute Gasteiger partial charge is 0.416 e. The van der Waals surface area contributed by atoms with Gasteiger partial charge in [0.2, 0.25) is 0 Å². The van der Waals surface area contributed by atoms with Crippen molar-refractivity contribution in [1.29, 1.82) is 0 Å². The maximum Gasteiger partial charge on any atom is 0.416 e. The van der Waals surface area contributed by atoms with Crippen LogP contribution < -0.4 is 5.32 Å². The van der Waals surface area contributed by atoms with Gasteiger partial charge in [-0.2, -0.15) is 26.3 Å². The molecule has 2 nitrogen and oxygen atoms in total. The van der Waals surface area contributed by atoms with E-state index in [0.717, 1.165) is 4.90 Å². The van der Waals surface area contributed by atoms with E-state index < -0.39 is 35.3 Å². The summed E-state index contributed by atoms with van der Waals surface area (Å²) in [5.41, 5.74) is -2.29. The van der Waals surface area contributed by atoms with E-state index in [1.807, 2.05) is 0 Å². The molecule has 0 saturated carbocycles. The van der Waals surface area contributed by atoms with Crippen LogP contribution in [0, 0.1) is 5.82 Å². The van der Waals surface area contributed by atoms with Crippen LogP contribution in [0.5, 0.6) is 0 Å². The van der Waals surface area contributed by atoms with Crippen LogP contribution in [0.15, 0.2) is 18.2 Å². The van der Waals surface area contributed by atoms with Gasteiger partial charge in [0.05, 0.1) is 5.56 Å². The molecule has 0 aliphatic carbocycles. The van der Waals surface area contributed by atoms with Gasteiger partial charge in [-0.1, -0.05) is 0 Å². The fraction of sp³-hybridized carbons (Fsp3) is 0.538. The molecule has 0 spiro atoms. The number of nitrogens with one attached hydrogen (secondary N) is 1. The average Bonchev–Trinajstić information content (AvgIpc) is 2.39. The molecule has 1 aromatic rings. The van der Waals surface area contributed by atoms with Gasteiger partial charge in [-0.25, -0.2) is 4.39 Å². The van der Waals surface area contributed by atoms with Gasteiger partial charge in [0, 0.05) is 31.7 Å². The minimum Gasteiger partial charge on any atom is -0.314 e. The molecule has 132 valence electrons. The van der Waals surface area contributed by atoms with Gasteiger partial charge >= 0.3 is 12.4 Å². The van der Waals surface area contributed by atoms with E-state index >= 15 is 0 Å². The fourth-order valence-electron chi connectivity index (χ4n) is 2.45. The van der Waals surface area contributed by atoms with E-state index in [1.54, 1.807) is 0 Å². The second-order valence-electron chi connectivity index (χ2n) is 4.96. The van der Waals surface area contributed by atoms with E-state index in [4.69, 9.17) is 0 Å². The Kier molecular flexibility index (Phi) is 6.28. The second kappa shape index (κ2) is 7.23. The first-order valence-electron chi connectivity index (χ1n) is 6.49. The topological polar surface area (TPSA) is 15.3 Å². The molecule has 10 heteroatoms. The van der Waals surface area contributed by atoms with Crippen molar-refractivity contribution in [1.82, 2.24) is 10.2 Å². The zero-order valence-corrected chi connectivity index (χ0v) is 12.5. The molecule has 2 rings (SSSR count). The van der Waals surface area contributed by atoms with Gasteiger partial charge in [0.25, 0.3) is 0 Å². The van der Waals surface area contributed by atoms with Gasteiger partial charge < -0.3 is 5.32 Å². The molecule has 0 amide bonds. The Hall–Kier alpha value is -1.06. The zero-order valence-electron chi connectivity index (χ0n) is 11.6. The molecule has 1 fully saturated rings. The maximum atomic E-state index is 13.8. The standard InChI is InChI=1S/C13H13F7N2.ClH/c14-10-2-1-8(12(15,16)17)7-9(10)11(13(18,19)20)22-5-3-21-4-6-22;/h1-2,7,11,21H,3-6H2;1H/t11-;/m0./s1. The Balaban J connectivity index is 0.00000264. The molecule has 1 heterocycles. The van der Waals surface area contributed by atoms with E-state index in [2.05, 4.69) is 5.32 Å². The SMILES string of the molecule is Cl.Fc1ccc(C(F)(F)F)cc1[C@H](N1CCNCC1)C(F)(F)F. The van der Waals surface area contributed by atoms with Crippen LogP contribution in [0.2, 0.25) is 0 Å². The lowest BCUT2D eigenvalue weighted by atomic mass is 10.00. The smallest absolute Gasteiger partial charge is 0.314 e. The highest BCUT2D eigenvalue weighted by Crippen LogP contribution is 2.41. The summed E-state index contributed by atoms with van der Waals surface area (Å²) in [5, 5.41) is 2.84. The zero-order chi connectivity index (χ0) is 16.5. The Bertz CT molecular complexity index is 524. The van der Waals surface area contributed by atoms with Crippen molar-refractivity contribution >= 4 is 12.4 Å². The van der Waals surface area contributed by atoms with Crippen LogP contribution in [-0.4, -0.2) is 37.3 Å². The normalized spacial score (nSPS) is 18.4. The molecule has 1 atom stereocenters. The predicted octanol–water partition coefficient (Wildman–Crippen LogP) is 3.77. The second-order valence-corrected chi connectivity index (χ2v) is 4.96. The molecule has 0 unspecified atom stereocenters. The number of halogens is 8. The summed E-state index contributed by atoms with van der Waals surface area (Å²) < 4.78 is 91.7. The molecule has 1 saturated heterocycles. The highest BCUT2D eigenvalue weighted by atomic mass is 35.5. The molecular weight excluding hydrogens is 353 g/mol. The molecule has 1 aromatic carbocycles. The first kappa shape index (κ1) is 20.0. The van der Waals surface area contributed by atoms with Crippen molar-refractivity contribution in [2.75, 3.05) is 26.2 Å². The molecule has 1 N–H and O–H groups in total. The Morgan fingerprint density at radius 2 is 1.57 bits per heavy atom. The van der Waals surface area contributed by atoms with Gasteiger partial charge in [-0.3, -0.25) is 4.90 Å². The molecular formula is C13H14ClF7N2. The molecule has 0 bridgehead atoms. The predicted molar refractivity (Wildman–Crippen MR) is 71.9 cm³/mol. The number of alkyl halides is 6. The number of piperazine rings is 1. The number of nitrogens with zero attached hydrogens (tertiary/aromatic N) is 1. The van der Waals surface area contributed by atoms with Crippen LogP contribution >= 0.6 is 12.4 Å². The number of rotatable bonds is 2. The minimum atomic E-state index is -4.87. The summed E-state index contributed by atoms with van der Waals surface area (Å²) in [5.74, 6) is -1.30. The molecule has 0 radical (unpaired) electrons. The highest BCUT2D eigenvalue weighted by molar-refractivity contribution is 5.85. The Labute approximate surface area is 134 Å². The number of benzene rings is 1. The molecule has 23 heavy (non-hydrogen) atoms. The monoisotopic (exact) mass is 366 g/mol. The van der Waals surface area contributed by atoms with Crippen molar-refractivity contribution in [3.05, 3.63) is 35.1 Å². The first-order valence-corrected chi connectivity index (χ1v) is 6.49. The quantitative estimate of drug-likeness (QED) is 0.802. The van der Waals surface area contributed by atoms with Crippen molar-refractivity contribution in [2.24, 2.45) is 0 Å². The third-order valence-corrected chi connectivity index (χ3v) is 3.44. The van der Waals surface area contributed by atoms with Gasteiger partial charge in [-0.05, 0) is 18.2 Å². The molecule has 1 aliphatic rings. The summed E-state index contributed by atoms with van der Waals surface area (Å²) in [6.45, 7) is 0.458. The first-order chi connectivity index (χ1) is 10.1. The lowest BCUT2D eigenvalue weighted by molar-refractivity contribution is -0.189. The third-order valence-electron chi connectivity index (χ3n) is 3.44. The lowest BCUT2D eigenvalue weighted by Crippen LogP contribution is -2.49. The molecule has 1 aliphatic heterocycles. The van der Waals surface area contributed by atoms with Crippen molar-refractivity contribution in [2.45, 2.75) is 18.4 Å². The van der Waals surface area contributed by atoms with Crippen LogP contribution in [0.25, 0.3) is 0 Å². The van der Waals surface area contributed by atoms with Crippen molar-refractivity contribution in [3.8, 4) is 0 Å².